The van der Waals surface area contributed by atoms with E-state index in [1.54, 1.807) is 0 Å². The smallest absolute Gasteiger partial charge is 0.376 e. The average molecular weight is 418 g/mol. The molecule has 0 aliphatic carbocycles. The molecule has 0 bridgehead atoms. The number of carbonyl (C=O) groups is 1. The van der Waals surface area contributed by atoms with Crippen molar-refractivity contribution in [2.24, 2.45) is 0 Å². The third-order valence-corrected chi connectivity index (χ3v) is 6.10. The van der Waals surface area contributed by atoms with Gasteiger partial charge in [-0.1, -0.05) is 12.1 Å². The number of hydrogen-bond acceptors (Lipinski definition) is 8. The molecule has 0 unspecified atom stereocenters. The summed E-state index contributed by atoms with van der Waals surface area (Å²) < 4.78 is 10.9. The Morgan fingerprint density at radius 3 is 2.50 bits per heavy atom. The molecule has 0 saturated heterocycles. The summed E-state index contributed by atoms with van der Waals surface area (Å²) in [6, 6.07) is 9.67. The zero-order chi connectivity index (χ0) is 21.4. The molecule has 0 N–H and O–H groups in total. The van der Waals surface area contributed by atoms with Gasteiger partial charge in [-0.2, -0.15) is 10.2 Å². The Bertz CT molecular complexity index is 1340. The molecular formula is C22H18N4O3S. The van der Waals surface area contributed by atoms with Crippen LogP contribution in [0, 0.1) is 25.2 Å². The number of pyridine rings is 1. The Morgan fingerprint density at radius 2 is 1.87 bits per heavy atom. The number of nitriles is 1. The molecule has 150 valence electrons. The van der Waals surface area contributed by atoms with Crippen LogP contribution in [0.5, 0.6) is 5.88 Å². The van der Waals surface area contributed by atoms with Crippen LogP contribution in [-0.4, -0.2) is 35.1 Å². The molecule has 0 amide bonds. The number of rotatable bonds is 4. The van der Waals surface area contributed by atoms with E-state index in [1.165, 1.54) is 25.6 Å². The van der Waals surface area contributed by atoms with Gasteiger partial charge in [0, 0.05) is 11.1 Å². The van der Waals surface area contributed by atoms with Crippen molar-refractivity contribution in [3.8, 4) is 11.9 Å². The Morgan fingerprint density at radius 1 is 1.13 bits per heavy atom. The highest BCUT2D eigenvalue weighted by Crippen LogP contribution is 2.39. The van der Waals surface area contributed by atoms with Crippen molar-refractivity contribution in [3.05, 3.63) is 58.0 Å². The maximum Gasteiger partial charge on any atom is 0.376 e. The van der Waals surface area contributed by atoms with Crippen LogP contribution in [-0.2, 0) is 11.2 Å². The summed E-state index contributed by atoms with van der Waals surface area (Å²) in [7, 11) is 2.80. The SMILES string of the molecule is COC(=O)c1nc(OC)c2sc3nc(C)c(Cc4ccc(C#N)cc4)c(C)c3c2n1. The first-order valence-corrected chi connectivity index (χ1v) is 10.00. The van der Waals surface area contributed by atoms with Gasteiger partial charge in [0.2, 0.25) is 11.7 Å². The summed E-state index contributed by atoms with van der Waals surface area (Å²) in [4.78, 5) is 26.3. The summed E-state index contributed by atoms with van der Waals surface area (Å²) in [6.07, 6.45) is 0.676. The molecule has 0 saturated carbocycles. The summed E-state index contributed by atoms with van der Waals surface area (Å²) in [5.41, 5.74) is 5.41. The first-order chi connectivity index (χ1) is 14.5. The van der Waals surface area contributed by atoms with E-state index in [0.717, 1.165) is 37.3 Å². The van der Waals surface area contributed by atoms with E-state index in [9.17, 15) is 4.79 Å². The predicted molar refractivity (Wildman–Crippen MR) is 114 cm³/mol. The molecule has 3 aromatic heterocycles. The van der Waals surface area contributed by atoms with Crippen molar-refractivity contribution in [2.45, 2.75) is 20.3 Å². The summed E-state index contributed by atoms with van der Waals surface area (Å²) in [5.74, 6) is -0.339. The minimum absolute atomic E-state index is 0.0461. The third kappa shape index (κ3) is 3.23. The van der Waals surface area contributed by atoms with Gasteiger partial charge in [0.25, 0.3) is 0 Å². The summed E-state index contributed by atoms with van der Waals surface area (Å²) >= 11 is 1.44. The third-order valence-electron chi connectivity index (χ3n) is 5.04. The van der Waals surface area contributed by atoms with E-state index in [2.05, 4.69) is 16.0 Å². The van der Waals surface area contributed by atoms with Crippen LogP contribution >= 0.6 is 11.3 Å². The quantitative estimate of drug-likeness (QED) is 0.460. The molecule has 4 aromatic rings. The van der Waals surface area contributed by atoms with Crippen LogP contribution < -0.4 is 4.74 Å². The fourth-order valence-corrected chi connectivity index (χ4v) is 4.67. The molecule has 7 nitrogen and oxygen atoms in total. The normalized spacial score (nSPS) is 10.9. The number of methoxy groups -OCH3 is 2. The van der Waals surface area contributed by atoms with E-state index in [1.807, 2.05) is 38.1 Å². The highest BCUT2D eigenvalue weighted by molar-refractivity contribution is 7.25. The Hall–Kier alpha value is -3.57. The van der Waals surface area contributed by atoms with Gasteiger partial charge in [-0.15, -0.1) is 11.3 Å². The maximum absolute atomic E-state index is 12.0. The Balaban J connectivity index is 1.93. The van der Waals surface area contributed by atoms with Crippen molar-refractivity contribution in [3.63, 3.8) is 0 Å². The van der Waals surface area contributed by atoms with Crippen LogP contribution in [0.3, 0.4) is 0 Å². The lowest BCUT2D eigenvalue weighted by Crippen LogP contribution is -2.08. The standard InChI is InChI=1S/C22H18N4O3S/c1-11-15(9-13-5-7-14(10-23)8-6-13)12(2)24-21-16(11)17-18(30-21)20(28-3)26-19(25-17)22(27)29-4/h5-8H,9H2,1-4H3. The highest BCUT2D eigenvalue weighted by Gasteiger charge is 2.22. The fourth-order valence-electron chi connectivity index (χ4n) is 3.48. The second-order valence-corrected chi connectivity index (χ2v) is 7.79. The molecule has 0 spiro atoms. The minimum Gasteiger partial charge on any atom is -0.480 e. The van der Waals surface area contributed by atoms with Crippen LogP contribution in [0.1, 0.15) is 38.6 Å². The first kappa shape index (κ1) is 19.7. The lowest BCUT2D eigenvalue weighted by atomic mass is 9.97. The van der Waals surface area contributed by atoms with Gasteiger partial charge in [0.05, 0.1) is 31.4 Å². The number of nitrogens with zero attached hydrogens (tertiary/aromatic N) is 4. The number of carbonyl (C=O) groups excluding carboxylic acids is 1. The molecule has 0 aliphatic rings. The number of benzene rings is 1. The number of ether oxygens (including phenoxy) is 2. The van der Waals surface area contributed by atoms with Gasteiger partial charge >= 0.3 is 5.97 Å². The van der Waals surface area contributed by atoms with Crippen LogP contribution in [0.25, 0.3) is 20.4 Å². The van der Waals surface area contributed by atoms with Crippen molar-refractivity contribution in [2.75, 3.05) is 14.2 Å². The number of esters is 1. The monoisotopic (exact) mass is 418 g/mol. The summed E-state index contributed by atoms with van der Waals surface area (Å²) in [6.45, 7) is 4.02. The average Bonchev–Trinajstić information content (AvgIpc) is 3.13. The van der Waals surface area contributed by atoms with Crippen molar-refractivity contribution in [1.29, 1.82) is 5.26 Å². The Labute approximate surface area is 176 Å². The van der Waals surface area contributed by atoms with Gasteiger partial charge in [0.15, 0.2) is 0 Å². The second-order valence-electron chi connectivity index (χ2n) is 6.79. The molecule has 0 aliphatic heterocycles. The summed E-state index contributed by atoms with van der Waals surface area (Å²) in [5, 5.41) is 9.89. The molecule has 3 heterocycles. The van der Waals surface area contributed by atoms with E-state index >= 15 is 0 Å². The van der Waals surface area contributed by atoms with E-state index < -0.39 is 5.97 Å². The van der Waals surface area contributed by atoms with E-state index in [-0.39, 0.29) is 5.82 Å². The molecule has 4 rings (SSSR count). The van der Waals surface area contributed by atoms with Crippen LogP contribution in [0.4, 0.5) is 0 Å². The van der Waals surface area contributed by atoms with Crippen molar-refractivity contribution < 1.29 is 14.3 Å². The molecule has 0 radical (unpaired) electrons. The van der Waals surface area contributed by atoms with Crippen LogP contribution in [0.15, 0.2) is 24.3 Å². The van der Waals surface area contributed by atoms with Gasteiger partial charge < -0.3 is 9.47 Å². The molecule has 0 atom stereocenters. The number of hydrogen-bond donors (Lipinski definition) is 0. The minimum atomic E-state index is -0.620. The van der Waals surface area contributed by atoms with Gasteiger partial charge in [-0.05, 0) is 49.1 Å². The topological polar surface area (TPSA) is 98.0 Å². The predicted octanol–water partition coefficient (Wildman–Crippen LogP) is 4.11. The molecular weight excluding hydrogens is 400 g/mol. The van der Waals surface area contributed by atoms with Crippen molar-refractivity contribution in [1.82, 2.24) is 15.0 Å². The largest absolute Gasteiger partial charge is 0.480 e. The second kappa shape index (κ2) is 7.69. The number of thiophene rings is 1. The lowest BCUT2D eigenvalue weighted by Gasteiger charge is -2.11. The van der Waals surface area contributed by atoms with Crippen molar-refractivity contribution >= 4 is 37.7 Å². The molecule has 1 aromatic carbocycles. The lowest BCUT2D eigenvalue weighted by molar-refractivity contribution is 0.0586. The zero-order valence-electron chi connectivity index (χ0n) is 16.9. The van der Waals surface area contributed by atoms with Gasteiger partial charge in [-0.3, -0.25) is 0 Å². The first-order valence-electron chi connectivity index (χ1n) is 9.18. The fraction of sp³-hybridized carbons (Fsp3) is 0.227. The highest BCUT2D eigenvalue weighted by atomic mass is 32.1. The van der Waals surface area contributed by atoms with E-state index in [4.69, 9.17) is 19.7 Å². The number of aryl methyl sites for hydroxylation is 2. The molecule has 30 heavy (non-hydrogen) atoms. The number of fused-ring (bicyclic) bond motifs is 3. The Kier molecular flexibility index (Phi) is 5.06. The van der Waals surface area contributed by atoms with Gasteiger partial charge in [-0.25, -0.2) is 14.8 Å². The number of aromatic nitrogens is 3. The van der Waals surface area contributed by atoms with Crippen LogP contribution in [0.2, 0.25) is 0 Å². The van der Waals surface area contributed by atoms with Gasteiger partial charge in [0.1, 0.15) is 9.53 Å². The molecule has 0 fully saturated rings. The molecule has 8 heteroatoms. The zero-order valence-corrected chi connectivity index (χ0v) is 17.8. The van der Waals surface area contributed by atoms with E-state index in [0.29, 0.717) is 23.4 Å². The maximum atomic E-state index is 12.0.